The van der Waals surface area contributed by atoms with Gasteiger partial charge in [-0.05, 0) is 44.9 Å². The van der Waals surface area contributed by atoms with E-state index in [2.05, 4.69) is 15.6 Å². The van der Waals surface area contributed by atoms with Gasteiger partial charge < -0.3 is 16.4 Å². The van der Waals surface area contributed by atoms with Crippen molar-refractivity contribution in [3.8, 4) is 0 Å². The number of anilines is 1. The molecule has 0 aliphatic rings. The number of benzene rings is 1. The Labute approximate surface area is 150 Å². The Balaban J connectivity index is 0.00000441. The smallest absolute Gasteiger partial charge is 0.224 e. The Hall–Kier alpha value is -1.31. The first-order valence-electron chi connectivity index (χ1n) is 7.27. The third-order valence-corrected chi connectivity index (χ3v) is 2.65. The number of amides is 1. The molecule has 0 aliphatic heterocycles. The van der Waals surface area contributed by atoms with Crippen LogP contribution < -0.4 is 16.4 Å². The summed E-state index contributed by atoms with van der Waals surface area (Å²) >= 11 is 0. The summed E-state index contributed by atoms with van der Waals surface area (Å²) in [6.07, 6.45) is 1.39. The minimum Gasteiger partial charge on any atom is -0.370 e. The third-order valence-electron chi connectivity index (χ3n) is 2.65. The van der Waals surface area contributed by atoms with E-state index < -0.39 is 0 Å². The molecular formula is C16H27IN4O. The van der Waals surface area contributed by atoms with E-state index in [0.29, 0.717) is 18.9 Å². The maximum Gasteiger partial charge on any atom is 0.224 e. The van der Waals surface area contributed by atoms with E-state index >= 15 is 0 Å². The van der Waals surface area contributed by atoms with Crippen molar-refractivity contribution in [2.45, 2.75) is 52.6 Å². The maximum atomic E-state index is 11.5. The summed E-state index contributed by atoms with van der Waals surface area (Å²) in [7, 11) is 0. The number of rotatable bonds is 5. The van der Waals surface area contributed by atoms with Crippen LogP contribution in [0.4, 0.5) is 5.69 Å². The van der Waals surface area contributed by atoms with E-state index in [1.807, 2.05) is 52.0 Å². The predicted octanol–water partition coefficient (Wildman–Crippen LogP) is 3.25. The fraction of sp³-hybridized carbons (Fsp3) is 0.500. The molecule has 0 atom stereocenters. The van der Waals surface area contributed by atoms with Gasteiger partial charge in [-0.25, -0.2) is 4.99 Å². The summed E-state index contributed by atoms with van der Waals surface area (Å²) in [5.41, 5.74) is 7.57. The van der Waals surface area contributed by atoms with Crippen molar-refractivity contribution in [2.75, 3.05) is 5.32 Å². The number of nitrogens with one attached hydrogen (secondary N) is 2. The van der Waals surface area contributed by atoms with E-state index in [-0.39, 0.29) is 35.4 Å². The fourth-order valence-electron chi connectivity index (χ4n) is 1.74. The summed E-state index contributed by atoms with van der Waals surface area (Å²) in [5.74, 6) is 0.477. The van der Waals surface area contributed by atoms with Gasteiger partial charge in [0.05, 0.1) is 6.54 Å². The van der Waals surface area contributed by atoms with Gasteiger partial charge in [0, 0.05) is 17.6 Å². The van der Waals surface area contributed by atoms with E-state index in [1.165, 1.54) is 0 Å². The Kier molecular flexibility index (Phi) is 9.08. The Morgan fingerprint density at radius 2 is 1.82 bits per heavy atom. The lowest BCUT2D eigenvalue weighted by Crippen LogP contribution is -2.44. The first-order valence-corrected chi connectivity index (χ1v) is 7.27. The first-order chi connectivity index (χ1) is 9.80. The van der Waals surface area contributed by atoms with Crippen LogP contribution >= 0.6 is 24.0 Å². The van der Waals surface area contributed by atoms with Crippen LogP contribution in [0.3, 0.4) is 0 Å². The molecule has 0 saturated heterocycles. The Morgan fingerprint density at radius 1 is 1.23 bits per heavy atom. The van der Waals surface area contributed by atoms with Crippen molar-refractivity contribution in [3.63, 3.8) is 0 Å². The Bertz CT molecular complexity index is 492. The number of carbonyl (C=O) groups excluding carboxylic acids is 1. The molecule has 1 aromatic rings. The number of nitrogens with two attached hydrogens (primary N) is 1. The average Bonchev–Trinajstić information content (AvgIpc) is 2.36. The van der Waals surface area contributed by atoms with Gasteiger partial charge in [0.15, 0.2) is 5.96 Å². The molecule has 0 saturated carbocycles. The fourth-order valence-corrected chi connectivity index (χ4v) is 1.74. The molecular weight excluding hydrogens is 391 g/mol. The highest BCUT2D eigenvalue weighted by atomic mass is 127. The zero-order valence-corrected chi connectivity index (χ0v) is 16.1. The number of halogens is 1. The lowest BCUT2D eigenvalue weighted by atomic mass is 10.1. The normalized spacial score (nSPS) is 11.5. The molecule has 5 nitrogen and oxygen atoms in total. The predicted molar refractivity (Wildman–Crippen MR) is 104 cm³/mol. The second kappa shape index (κ2) is 9.66. The van der Waals surface area contributed by atoms with Crippen LogP contribution in [0.5, 0.6) is 0 Å². The molecule has 0 aromatic heterocycles. The molecule has 0 radical (unpaired) electrons. The quantitative estimate of drug-likeness (QED) is 0.390. The van der Waals surface area contributed by atoms with Gasteiger partial charge in [-0.15, -0.1) is 24.0 Å². The first kappa shape index (κ1) is 20.7. The summed E-state index contributed by atoms with van der Waals surface area (Å²) < 4.78 is 0. The highest BCUT2D eigenvalue weighted by Crippen LogP contribution is 2.11. The molecule has 0 spiro atoms. The summed E-state index contributed by atoms with van der Waals surface area (Å²) in [6.45, 7) is 8.59. The third kappa shape index (κ3) is 8.86. The highest BCUT2D eigenvalue weighted by molar-refractivity contribution is 14.0. The van der Waals surface area contributed by atoms with E-state index in [4.69, 9.17) is 5.73 Å². The van der Waals surface area contributed by atoms with Crippen LogP contribution in [-0.2, 0) is 11.3 Å². The average molecular weight is 418 g/mol. The molecule has 124 valence electrons. The maximum absolute atomic E-state index is 11.5. The van der Waals surface area contributed by atoms with E-state index in [1.54, 1.807) is 0 Å². The number of aliphatic imine (C=N–C) groups is 1. The van der Waals surface area contributed by atoms with Crippen molar-refractivity contribution in [1.82, 2.24) is 5.32 Å². The van der Waals surface area contributed by atoms with Gasteiger partial charge in [-0.3, -0.25) is 4.79 Å². The highest BCUT2D eigenvalue weighted by Gasteiger charge is 2.09. The van der Waals surface area contributed by atoms with Crippen molar-refractivity contribution < 1.29 is 4.79 Å². The molecule has 0 heterocycles. The number of hydrogen-bond donors (Lipinski definition) is 3. The topological polar surface area (TPSA) is 79.5 Å². The molecule has 6 heteroatoms. The van der Waals surface area contributed by atoms with Crippen LogP contribution in [-0.4, -0.2) is 17.4 Å². The van der Waals surface area contributed by atoms with Crippen LogP contribution in [0.25, 0.3) is 0 Å². The molecule has 4 N–H and O–H groups in total. The molecule has 0 unspecified atom stereocenters. The molecule has 1 amide bonds. The molecule has 0 bridgehead atoms. The zero-order valence-electron chi connectivity index (χ0n) is 13.8. The van der Waals surface area contributed by atoms with Gasteiger partial charge >= 0.3 is 0 Å². The van der Waals surface area contributed by atoms with Crippen molar-refractivity contribution >= 4 is 41.5 Å². The number of nitrogens with zero attached hydrogens (tertiary/aromatic N) is 1. The van der Waals surface area contributed by atoms with E-state index in [0.717, 1.165) is 17.7 Å². The van der Waals surface area contributed by atoms with Gasteiger partial charge in [0.25, 0.3) is 0 Å². The second-order valence-electron chi connectivity index (χ2n) is 6.07. The standard InChI is InChI=1S/C16H26N4O.HI/c1-5-6-14(21)19-13-9-7-12(8-10-13)11-18-15(17)20-16(2,3)4;/h7-10H,5-6,11H2,1-4H3,(H,19,21)(H3,17,18,20);1H. The molecule has 22 heavy (non-hydrogen) atoms. The van der Waals surface area contributed by atoms with Crippen molar-refractivity contribution in [3.05, 3.63) is 29.8 Å². The van der Waals surface area contributed by atoms with Crippen LogP contribution in [0.2, 0.25) is 0 Å². The van der Waals surface area contributed by atoms with Crippen molar-refractivity contribution in [2.24, 2.45) is 10.7 Å². The number of hydrogen-bond acceptors (Lipinski definition) is 2. The molecule has 0 aliphatic carbocycles. The van der Waals surface area contributed by atoms with Crippen LogP contribution in [0.1, 0.15) is 46.1 Å². The summed E-state index contributed by atoms with van der Waals surface area (Å²) in [6, 6.07) is 7.64. The molecule has 1 rings (SSSR count). The molecule has 0 fully saturated rings. The number of guanidine groups is 1. The van der Waals surface area contributed by atoms with E-state index in [9.17, 15) is 4.79 Å². The minimum absolute atomic E-state index is 0. The number of carbonyl (C=O) groups is 1. The van der Waals surface area contributed by atoms with Gasteiger partial charge in [0.1, 0.15) is 0 Å². The lowest BCUT2D eigenvalue weighted by molar-refractivity contribution is -0.116. The van der Waals surface area contributed by atoms with Gasteiger partial charge in [0.2, 0.25) is 5.91 Å². The lowest BCUT2D eigenvalue weighted by Gasteiger charge is -2.20. The molecule has 1 aromatic carbocycles. The van der Waals surface area contributed by atoms with Gasteiger partial charge in [-0.1, -0.05) is 19.1 Å². The largest absolute Gasteiger partial charge is 0.370 e. The van der Waals surface area contributed by atoms with Crippen molar-refractivity contribution in [1.29, 1.82) is 0 Å². The van der Waals surface area contributed by atoms with Crippen LogP contribution in [0.15, 0.2) is 29.3 Å². The summed E-state index contributed by atoms with van der Waals surface area (Å²) in [4.78, 5) is 15.8. The monoisotopic (exact) mass is 418 g/mol. The minimum atomic E-state index is -0.0962. The summed E-state index contributed by atoms with van der Waals surface area (Å²) in [5, 5.41) is 5.97. The zero-order chi connectivity index (χ0) is 15.9. The SMILES string of the molecule is CCCC(=O)Nc1ccc(CN=C(N)NC(C)(C)C)cc1.I. The Morgan fingerprint density at radius 3 is 2.32 bits per heavy atom. The van der Waals surface area contributed by atoms with Gasteiger partial charge in [-0.2, -0.15) is 0 Å². The van der Waals surface area contributed by atoms with Crippen LogP contribution in [0, 0.1) is 0 Å². The second-order valence-corrected chi connectivity index (χ2v) is 6.07.